The first-order valence-corrected chi connectivity index (χ1v) is 15.4. The van der Waals surface area contributed by atoms with Crippen molar-refractivity contribution in [2.24, 2.45) is 0 Å². The van der Waals surface area contributed by atoms with E-state index >= 15 is 8.78 Å². The highest BCUT2D eigenvalue weighted by Crippen LogP contribution is 2.42. The number of fused-ring (bicyclic) bond motifs is 2. The Bertz CT molecular complexity index is 1880. The van der Waals surface area contributed by atoms with Crippen LogP contribution in [0.25, 0.3) is 32.8 Å². The smallest absolute Gasteiger partial charge is 0.407 e. The number of amides is 1. The minimum Gasteiger partial charge on any atom is -0.508 e. The number of alkyl carbamates (subject to hydrolysis) is 1. The highest BCUT2D eigenvalue weighted by Gasteiger charge is 2.44. The van der Waals surface area contributed by atoms with E-state index in [0.717, 1.165) is 6.07 Å². The zero-order valence-electron chi connectivity index (χ0n) is 25.4. The van der Waals surface area contributed by atoms with Crippen molar-refractivity contribution in [2.45, 2.75) is 50.4 Å². The Balaban J connectivity index is 1.40. The third-order valence-electron chi connectivity index (χ3n) is 9.36. The number of aryl methyl sites for hydroxylation is 1. The van der Waals surface area contributed by atoms with Gasteiger partial charge in [0.25, 0.3) is 0 Å². The third-order valence-corrected chi connectivity index (χ3v) is 9.36. The Morgan fingerprint density at radius 3 is 2.72 bits per heavy atom. The second kappa shape index (κ2) is 11.4. The molecule has 3 atom stereocenters. The Labute approximate surface area is 262 Å². The molecule has 4 heterocycles. The summed E-state index contributed by atoms with van der Waals surface area (Å²) in [5.41, 5.74) is -1.33. The maximum atomic E-state index is 16.8. The Kier molecular flexibility index (Phi) is 7.53. The molecule has 3 fully saturated rings. The topological polar surface area (TPSA) is 100 Å². The number of hydrogen-bond acceptors (Lipinski definition) is 8. The summed E-state index contributed by atoms with van der Waals surface area (Å²) in [6, 6.07) is 6.04. The Hall–Kier alpha value is -4.39. The van der Waals surface area contributed by atoms with Gasteiger partial charge in [0, 0.05) is 24.5 Å². The molecule has 3 aliphatic heterocycles. The first kappa shape index (κ1) is 30.3. The number of anilines is 1. The van der Waals surface area contributed by atoms with Gasteiger partial charge in [0.1, 0.15) is 47.1 Å². The fourth-order valence-electron chi connectivity index (χ4n) is 7.14. The van der Waals surface area contributed by atoms with Crippen LogP contribution in [0.5, 0.6) is 11.8 Å². The van der Waals surface area contributed by atoms with E-state index in [1.165, 1.54) is 24.3 Å². The molecule has 1 aromatic heterocycles. The molecule has 4 aromatic rings. The lowest BCUT2D eigenvalue weighted by molar-refractivity contribution is 0.0445. The molecule has 3 saturated heterocycles. The number of benzene rings is 3. The number of phenolic OH excluding ortho intramolecular Hbond substituents is 1. The number of nitrogens with one attached hydrogen (secondary N) is 1. The van der Waals surface area contributed by atoms with Gasteiger partial charge in [-0.2, -0.15) is 9.97 Å². The zero-order valence-corrected chi connectivity index (χ0v) is 25.4. The average Bonchev–Trinajstić information content (AvgIpc) is 3.54. The number of aromatic nitrogens is 2. The van der Waals surface area contributed by atoms with E-state index in [1.807, 2.05) is 4.90 Å². The second-order valence-electron chi connectivity index (χ2n) is 12.4. The SMILES string of the molecule is CCc1c(F)ccc2cc(O)cc(-c3c(F)cc4c(N5CCC[C@]6(CNC(=O)O6)C5)nc(OC[C@@H]5C[C@@H](F)CN5C)nc4c3F)c12. The van der Waals surface area contributed by atoms with E-state index in [4.69, 9.17) is 9.47 Å². The highest BCUT2D eigenvalue weighted by atomic mass is 19.1. The molecule has 3 aromatic carbocycles. The molecule has 46 heavy (non-hydrogen) atoms. The monoisotopic (exact) mass is 639 g/mol. The summed E-state index contributed by atoms with van der Waals surface area (Å²) in [6.45, 7) is 2.99. The van der Waals surface area contributed by atoms with E-state index in [9.17, 15) is 18.7 Å². The lowest BCUT2D eigenvalue weighted by Gasteiger charge is -2.39. The summed E-state index contributed by atoms with van der Waals surface area (Å²) in [5.74, 6) is -2.58. The van der Waals surface area contributed by atoms with E-state index in [-0.39, 0.29) is 90.1 Å². The number of rotatable bonds is 6. The van der Waals surface area contributed by atoms with Gasteiger partial charge in [0.2, 0.25) is 0 Å². The van der Waals surface area contributed by atoms with Gasteiger partial charge in [-0.25, -0.2) is 22.4 Å². The van der Waals surface area contributed by atoms with Crippen molar-refractivity contribution in [2.75, 3.05) is 44.7 Å². The fraction of sp³-hybridized carbons (Fsp3) is 0.424. The van der Waals surface area contributed by atoms with Gasteiger partial charge >= 0.3 is 12.1 Å². The van der Waals surface area contributed by atoms with Crippen molar-refractivity contribution >= 4 is 33.6 Å². The fourth-order valence-corrected chi connectivity index (χ4v) is 7.14. The number of likely N-dealkylation sites (N-methyl/N-ethyl adjacent to an activating group) is 1. The molecule has 3 aliphatic rings. The maximum absolute atomic E-state index is 16.8. The quantitative estimate of drug-likeness (QED) is 0.262. The summed E-state index contributed by atoms with van der Waals surface area (Å²) < 4.78 is 73.6. The predicted molar refractivity (Wildman–Crippen MR) is 163 cm³/mol. The highest BCUT2D eigenvalue weighted by molar-refractivity contribution is 6.03. The lowest BCUT2D eigenvalue weighted by atomic mass is 9.91. The molecule has 13 heteroatoms. The van der Waals surface area contributed by atoms with Crippen LogP contribution in [0.2, 0.25) is 0 Å². The number of carbonyl (C=O) groups is 1. The number of aromatic hydroxyl groups is 1. The molecule has 0 bridgehead atoms. The second-order valence-corrected chi connectivity index (χ2v) is 12.4. The molecule has 0 radical (unpaired) electrons. The van der Waals surface area contributed by atoms with Gasteiger partial charge in [-0.1, -0.05) is 13.0 Å². The van der Waals surface area contributed by atoms with Gasteiger partial charge < -0.3 is 24.8 Å². The van der Waals surface area contributed by atoms with Crippen molar-refractivity contribution < 1.29 is 36.9 Å². The van der Waals surface area contributed by atoms with Crippen LogP contribution in [-0.4, -0.2) is 83.7 Å². The van der Waals surface area contributed by atoms with Crippen LogP contribution in [-0.2, 0) is 11.2 Å². The number of likely N-dealkylation sites (tertiary alicyclic amines) is 1. The number of alkyl halides is 1. The number of halogens is 4. The first-order valence-electron chi connectivity index (χ1n) is 15.4. The maximum Gasteiger partial charge on any atom is 0.407 e. The van der Waals surface area contributed by atoms with Crippen LogP contribution >= 0.6 is 0 Å². The van der Waals surface area contributed by atoms with E-state index in [0.29, 0.717) is 24.8 Å². The normalized spacial score (nSPS) is 23.4. The predicted octanol–water partition coefficient (Wildman–Crippen LogP) is 5.64. The van der Waals surface area contributed by atoms with Gasteiger partial charge in [-0.3, -0.25) is 4.90 Å². The molecular formula is C33H33F4N5O4. The molecule has 2 N–H and O–H groups in total. The van der Waals surface area contributed by atoms with Gasteiger partial charge in [0.05, 0.1) is 18.7 Å². The minimum absolute atomic E-state index is 0.0201. The number of phenols is 1. The minimum atomic E-state index is -1.04. The number of piperidine rings is 1. The van der Waals surface area contributed by atoms with Crippen LogP contribution in [0.15, 0.2) is 30.3 Å². The van der Waals surface area contributed by atoms with Gasteiger partial charge in [0.15, 0.2) is 5.82 Å². The lowest BCUT2D eigenvalue weighted by Crippen LogP contribution is -2.50. The van der Waals surface area contributed by atoms with E-state index in [2.05, 4.69) is 15.3 Å². The zero-order chi connectivity index (χ0) is 32.3. The molecule has 9 nitrogen and oxygen atoms in total. The molecule has 0 saturated carbocycles. The standard InChI is InChI=1S/C33H33F4N5O4/c1-3-21-24(35)6-5-17-9-20(43)11-22(26(17)21)27-25(36)12-23-29(28(27)37)39-31(45-14-19-10-18(34)13-41(19)2)40-30(23)42-8-4-7-33(16-42)15-38-32(44)46-33/h5-6,9,11-12,18-19,43H,3-4,7-8,10,13-16H2,1-2H3,(H,38,44)/t18-,19+,33+/m1/s1. The largest absolute Gasteiger partial charge is 0.508 e. The van der Waals surface area contributed by atoms with Crippen LogP contribution in [0, 0.1) is 17.5 Å². The summed E-state index contributed by atoms with van der Waals surface area (Å²) in [5, 5.41) is 14.0. The van der Waals surface area contributed by atoms with Crippen LogP contribution in [0.3, 0.4) is 0 Å². The Morgan fingerprint density at radius 2 is 2.00 bits per heavy atom. The Morgan fingerprint density at radius 1 is 1.17 bits per heavy atom. The van der Waals surface area contributed by atoms with E-state index < -0.39 is 40.9 Å². The van der Waals surface area contributed by atoms with Crippen molar-refractivity contribution in [3.8, 4) is 22.9 Å². The van der Waals surface area contributed by atoms with Gasteiger partial charge in [-0.15, -0.1) is 0 Å². The van der Waals surface area contributed by atoms with E-state index in [1.54, 1.807) is 18.9 Å². The molecule has 0 unspecified atom stereocenters. The van der Waals surface area contributed by atoms with Crippen LogP contribution in [0.4, 0.5) is 28.2 Å². The number of carbonyl (C=O) groups excluding carboxylic acids is 1. The summed E-state index contributed by atoms with van der Waals surface area (Å²) in [6.07, 6.45) is 0.179. The molecule has 7 rings (SSSR count). The number of nitrogens with zero attached hydrogens (tertiary/aromatic N) is 4. The number of ether oxygens (including phenoxy) is 2. The summed E-state index contributed by atoms with van der Waals surface area (Å²) in [7, 11) is 1.78. The summed E-state index contributed by atoms with van der Waals surface area (Å²) in [4.78, 5) is 24.6. The van der Waals surface area contributed by atoms with Gasteiger partial charge in [-0.05, 0) is 78.9 Å². The van der Waals surface area contributed by atoms with Crippen molar-refractivity contribution in [1.29, 1.82) is 0 Å². The molecule has 242 valence electrons. The van der Waals surface area contributed by atoms with Crippen LogP contribution < -0.4 is 15.0 Å². The van der Waals surface area contributed by atoms with Crippen molar-refractivity contribution in [3.05, 3.63) is 53.3 Å². The summed E-state index contributed by atoms with van der Waals surface area (Å²) >= 11 is 0. The molecule has 1 spiro atoms. The average molecular weight is 640 g/mol. The molecule has 1 amide bonds. The van der Waals surface area contributed by atoms with Crippen LogP contribution in [0.1, 0.15) is 31.7 Å². The number of hydrogen-bond donors (Lipinski definition) is 2. The molecular weight excluding hydrogens is 606 g/mol. The van der Waals surface area contributed by atoms with Crippen molar-refractivity contribution in [3.63, 3.8) is 0 Å². The molecule has 0 aliphatic carbocycles. The van der Waals surface area contributed by atoms with Crippen molar-refractivity contribution in [1.82, 2.24) is 20.2 Å². The third kappa shape index (κ3) is 5.20. The first-order chi connectivity index (χ1) is 22.1.